The Kier molecular flexibility index (Phi) is 4.82. The number of anilines is 2. The largest absolute Gasteiger partial charge is 0.375 e. The van der Waals surface area contributed by atoms with Gasteiger partial charge in [0.15, 0.2) is 11.5 Å². The number of fused-ring (bicyclic) bond motifs is 1. The van der Waals surface area contributed by atoms with Crippen molar-refractivity contribution < 1.29 is 4.74 Å². The van der Waals surface area contributed by atoms with Crippen LogP contribution in [-0.2, 0) is 11.3 Å². The highest BCUT2D eigenvalue weighted by Gasteiger charge is 2.17. The van der Waals surface area contributed by atoms with Gasteiger partial charge in [0.1, 0.15) is 11.6 Å². The molecule has 1 N–H and O–H groups in total. The standard InChI is InChI=1S/C20H21N7OS/c1-14-12-26(7-8-28-14)18-4-2-15(11-22-18)10-21-17-3-5-19-23-24-20(27(19)25-17)16-6-9-29-13-16/h2-6,9,11,13-14H,7-8,10,12H2,1H3,(H,21,25). The van der Waals surface area contributed by atoms with Crippen molar-refractivity contribution in [2.75, 3.05) is 29.9 Å². The summed E-state index contributed by atoms with van der Waals surface area (Å²) in [6, 6.07) is 10.0. The lowest BCUT2D eigenvalue weighted by molar-refractivity contribution is 0.0529. The first-order valence-electron chi connectivity index (χ1n) is 9.57. The van der Waals surface area contributed by atoms with Crippen LogP contribution in [0.25, 0.3) is 17.0 Å². The van der Waals surface area contributed by atoms with Gasteiger partial charge in [0.05, 0.1) is 12.7 Å². The molecule has 0 amide bonds. The van der Waals surface area contributed by atoms with Crippen molar-refractivity contribution >= 4 is 28.6 Å². The number of hydrogen-bond donors (Lipinski definition) is 1. The molecule has 0 saturated carbocycles. The van der Waals surface area contributed by atoms with E-state index in [1.165, 1.54) is 0 Å². The number of nitrogens with one attached hydrogen (secondary N) is 1. The van der Waals surface area contributed by atoms with Crippen LogP contribution in [0.15, 0.2) is 47.3 Å². The Balaban J connectivity index is 1.28. The molecule has 0 bridgehead atoms. The Hall–Kier alpha value is -3.04. The van der Waals surface area contributed by atoms with Crippen LogP contribution >= 0.6 is 11.3 Å². The minimum atomic E-state index is 0.240. The van der Waals surface area contributed by atoms with Gasteiger partial charge in [-0.25, -0.2) is 4.98 Å². The molecule has 0 spiro atoms. The van der Waals surface area contributed by atoms with Gasteiger partial charge in [-0.1, -0.05) is 6.07 Å². The molecule has 0 aromatic carbocycles. The molecular formula is C20H21N7OS. The van der Waals surface area contributed by atoms with Crippen molar-refractivity contribution in [1.29, 1.82) is 0 Å². The number of pyridine rings is 1. The van der Waals surface area contributed by atoms with Crippen LogP contribution in [0.1, 0.15) is 12.5 Å². The molecule has 5 rings (SSSR count). The van der Waals surface area contributed by atoms with E-state index in [2.05, 4.69) is 49.6 Å². The third-order valence-corrected chi connectivity index (χ3v) is 5.57. The van der Waals surface area contributed by atoms with Crippen LogP contribution < -0.4 is 10.2 Å². The third-order valence-electron chi connectivity index (χ3n) is 4.89. The van der Waals surface area contributed by atoms with Crippen molar-refractivity contribution in [3.8, 4) is 11.4 Å². The summed E-state index contributed by atoms with van der Waals surface area (Å²) < 4.78 is 7.37. The van der Waals surface area contributed by atoms with Crippen LogP contribution in [0.3, 0.4) is 0 Å². The fourth-order valence-corrected chi connectivity index (χ4v) is 4.02. The van der Waals surface area contributed by atoms with Crippen LogP contribution in [0.2, 0.25) is 0 Å². The van der Waals surface area contributed by atoms with Gasteiger partial charge in [0.2, 0.25) is 0 Å². The Labute approximate surface area is 172 Å². The van der Waals surface area contributed by atoms with E-state index < -0.39 is 0 Å². The van der Waals surface area contributed by atoms with Gasteiger partial charge in [-0.15, -0.1) is 15.3 Å². The van der Waals surface area contributed by atoms with Crippen molar-refractivity contribution in [2.24, 2.45) is 0 Å². The molecule has 4 aromatic rings. The second-order valence-electron chi connectivity index (χ2n) is 7.03. The van der Waals surface area contributed by atoms with Gasteiger partial charge in [-0.3, -0.25) is 0 Å². The topological polar surface area (TPSA) is 80.5 Å². The summed E-state index contributed by atoms with van der Waals surface area (Å²) in [5.74, 6) is 2.50. The van der Waals surface area contributed by atoms with Crippen molar-refractivity contribution in [3.05, 3.63) is 52.9 Å². The molecule has 1 aliphatic heterocycles. The van der Waals surface area contributed by atoms with E-state index in [4.69, 9.17) is 4.74 Å². The lowest BCUT2D eigenvalue weighted by Gasteiger charge is -2.32. The summed E-state index contributed by atoms with van der Waals surface area (Å²) >= 11 is 1.63. The average molecular weight is 408 g/mol. The number of morpholine rings is 1. The summed E-state index contributed by atoms with van der Waals surface area (Å²) in [6.07, 6.45) is 2.15. The molecule has 5 heterocycles. The first-order chi connectivity index (χ1) is 14.3. The lowest BCUT2D eigenvalue weighted by Crippen LogP contribution is -2.41. The molecule has 8 nitrogen and oxygen atoms in total. The predicted molar refractivity (Wildman–Crippen MR) is 113 cm³/mol. The highest BCUT2D eigenvalue weighted by Crippen LogP contribution is 2.21. The number of rotatable bonds is 5. The number of nitrogens with zero attached hydrogens (tertiary/aromatic N) is 6. The summed E-state index contributed by atoms with van der Waals surface area (Å²) in [5.41, 5.74) is 2.84. The van der Waals surface area contributed by atoms with Gasteiger partial charge in [-0.05, 0) is 42.1 Å². The summed E-state index contributed by atoms with van der Waals surface area (Å²) in [4.78, 5) is 6.89. The fourth-order valence-electron chi connectivity index (χ4n) is 3.38. The summed E-state index contributed by atoms with van der Waals surface area (Å²) in [5, 5.41) is 20.5. The zero-order chi connectivity index (χ0) is 19.6. The zero-order valence-electron chi connectivity index (χ0n) is 16.0. The lowest BCUT2D eigenvalue weighted by atomic mass is 10.2. The first-order valence-corrected chi connectivity index (χ1v) is 10.5. The Morgan fingerprint density at radius 3 is 2.97 bits per heavy atom. The molecule has 1 atom stereocenters. The Bertz CT molecular complexity index is 1090. The highest BCUT2D eigenvalue weighted by atomic mass is 32.1. The van der Waals surface area contributed by atoms with Gasteiger partial charge in [0, 0.05) is 36.8 Å². The number of hydrogen-bond acceptors (Lipinski definition) is 8. The van der Waals surface area contributed by atoms with E-state index in [1.54, 1.807) is 15.9 Å². The monoisotopic (exact) mass is 407 g/mol. The van der Waals surface area contributed by atoms with Crippen LogP contribution in [0.4, 0.5) is 11.6 Å². The zero-order valence-corrected chi connectivity index (χ0v) is 16.8. The summed E-state index contributed by atoms with van der Waals surface area (Å²) in [6.45, 7) is 5.23. The quantitative estimate of drug-likeness (QED) is 0.544. The van der Waals surface area contributed by atoms with E-state index in [9.17, 15) is 0 Å². The smallest absolute Gasteiger partial charge is 0.186 e. The van der Waals surface area contributed by atoms with E-state index in [1.807, 2.05) is 35.2 Å². The molecule has 1 saturated heterocycles. The number of thiophene rings is 1. The third kappa shape index (κ3) is 3.79. The molecule has 0 radical (unpaired) electrons. The maximum atomic E-state index is 5.60. The minimum absolute atomic E-state index is 0.240. The van der Waals surface area contributed by atoms with Gasteiger partial charge < -0.3 is 15.0 Å². The van der Waals surface area contributed by atoms with Crippen molar-refractivity contribution in [3.63, 3.8) is 0 Å². The van der Waals surface area contributed by atoms with Crippen molar-refractivity contribution in [2.45, 2.75) is 19.6 Å². The maximum absolute atomic E-state index is 5.60. The SMILES string of the molecule is CC1CN(c2ccc(CNc3ccc4nnc(-c5ccsc5)n4n3)cn2)CCO1. The molecular weight excluding hydrogens is 386 g/mol. The Morgan fingerprint density at radius 2 is 2.17 bits per heavy atom. The molecule has 9 heteroatoms. The first kappa shape index (κ1) is 18.0. The maximum Gasteiger partial charge on any atom is 0.186 e. The average Bonchev–Trinajstić information content (AvgIpc) is 3.42. The molecule has 29 heavy (non-hydrogen) atoms. The van der Waals surface area contributed by atoms with E-state index >= 15 is 0 Å². The van der Waals surface area contributed by atoms with E-state index in [0.29, 0.717) is 6.54 Å². The van der Waals surface area contributed by atoms with E-state index in [0.717, 1.165) is 53.9 Å². The number of ether oxygens (including phenoxy) is 1. The van der Waals surface area contributed by atoms with Crippen molar-refractivity contribution in [1.82, 2.24) is 24.8 Å². The van der Waals surface area contributed by atoms with E-state index in [-0.39, 0.29) is 6.10 Å². The number of aromatic nitrogens is 5. The van der Waals surface area contributed by atoms with Crippen LogP contribution in [0, 0.1) is 0 Å². The molecule has 4 aromatic heterocycles. The van der Waals surface area contributed by atoms with Gasteiger partial charge in [-0.2, -0.15) is 15.9 Å². The second-order valence-corrected chi connectivity index (χ2v) is 7.81. The normalized spacial score (nSPS) is 17.0. The molecule has 0 aliphatic carbocycles. The highest BCUT2D eigenvalue weighted by molar-refractivity contribution is 7.08. The molecule has 148 valence electrons. The van der Waals surface area contributed by atoms with Gasteiger partial charge in [0.25, 0.3) is 0 Å². The molecule has 1 fully saturated rings. The van der Waals surface area contributed by atoms with Gasteiger partial charge >= 0.3 is 0 Å². The Morgan fingerprint density at radius 1 is 1.21 bits per heavy atom. The predicted octanol–water partition coefficient (Wildman–Crippen LogP) is 3.09. The molecule has 1 unspecified atom stereocenters. The second kappa shape index (κ2) is 7.76. The fraction of sp³-hybridized carbons (Fsp3) is 0.300. The minimum Gasteiger partial charge on any atom is -0.375 e. The molecule has 1 aliphatic rings. The summed E-state index contributed by atoms with van der Waals surface area (Å²) in [7, 11) is 0. The van der Waals surface area contributed by atoms with Crippen LogP contribution in [0.5, 0.6) is 0 Å². The van der Waals surface area contributed by atoms with Crippen LogP contribution in [-0.4, -0.2) is 50.6 Å².